The Morgan fingerprint density at radius 1 is 1.64 bits per heavy atom. The summed E-state index contributed by atoms with van der Waals surface area (Å²) in [4.78, 5) is 10.5. The summed E-state index contributed by atoms with van der Waals surface area (Å²) in [5.41, 5.74) is 6.32. The van der Waals surface area contributed by atoms with Gasteiger partial charge in [-0.1, -0.05) is 0 Å². The van der Waals surface area contributed by atoms with Crippen LogP contribution in [-0.2, 0) is 11.2 Å². The maximum absolute atomic E-state index is 10.5. The van der Waals surface area contributed by atoms with Gasteiger partial charge in [-0.3, -0.25) is 4.79 Å². The number of thiophene rings is 1. The summed E-state index contributed by atoms with van der Waals surface area (Å²) in [6, 6.07) is 1.04. The van der Waals surface area contributed by atoms with Crippen molar-refractivity contribution in [3.8, 4) is 0 Å². The van der Waals surface area contributed by atoms with E-state index >= 15 is 0 Å². The SMILES string of the molecule is Cl.NC(Cc1cc(Br)sc1Br)C(=O)O. The number of carboxylic acid groups (broad SMARTS) is 1. The van der Waals surface area contributed by atoms with Crippen LogP contribution in [0.3, 0.4) is 0 Å². The molecule has 7 heteroatoms. The Kier molecular flexibility index (Phi) is 6.24. The molecule has 0 fully saturated rings. The molecule has 1 atom stereocenters. The largest absolute Gasteiger partial charge is 0.480 e. The zero-order chi connectivity index (χ0) is 10.0. The third kappa shape index (κ3) is 3.86. The molecule has 0 aliphatic rings. The number of carboxylic acids is 1. The summed E-state index contributed by atoms with van der Waals surface area (Å²) in [5, 5.41) is 8.59. The second-order valence-corrected chi connectivity index (χ2v) is 6.25. The molecule has 0 aliphatic carbocycles. The minimum absolute atomic E-state index is 0. The molecular formula is C7H8Br2ClNO2S. The van der Waals surface area contributed by atoms with Crippen LogP contribution in [0, 0.1) is 0 Å². The number of hydrogen-bond acceptors (Lipinski definition) is 3. The third-order valence-corrected chi connectivity index (χ3v) is 3.95. The lowest BCUT2D eigenvalue weighted by atomic mass is 10.1. The van der Waals surface area contributed by atoms with E-state index in [0.717, 1.165) is 13.1 Å². The molecule has 1 aromatic heterocycles. The number of nitrogens with two attached hydrogens (primary N) is 1. The van der Waals surface area contributed by atoms with Crippen LogP contribution in [0.1, 0.15) is 5.56 Å². The van der Waals surface area contributed by atoms with E-state index < -0.39 is 12.0 Å². The molecule has 3 N–H and O–H groups in total. The maximum Gasteiger partial charge on any atom is 0.320 e. The standard InChI is InChI=1S/C7H7Br2NO2S.ClH/c8-5-2-3(6(9)13-5)1-4(10)7(11)12;/h2,4H,1,10H2,(H,11,12);1H. The highest BCUT2D eigenvalue weighted by Gasteiger charge is 2.15. The van der Waals surface area contributed by atoms with Crippen LogP contribution in [0.4, 0.5) is 0 Å². The molecular weight excluding hydrogens is 357 g/mol. The molecule has 0 bridgehead atoms. The van der Waals surface area contributed by atoms with Crippen LogP contribution in [0.2, 0.25) is 0 Å². The predicted molar refractivity (Wildman–Crippen MR) is 66.3 cm³/mol. The topological polar surface area (TPSA) is 63.3 Å². The van der Waals surface area contributed by atoms with Gasteiger partial charge in [-0.15, -0.1) is 23.7 Å². The van der Waals surface area contributed by atoms with Gasteiger partial charge in [0, 0.05) is 6.42 Å². The van der Waals surface area contributed by atoms with Gasteiger partial charge in [-0.25, -0.2) is 0 Å². The quantitative estimate of drug-likeness (QED) is 0.866. The fraction of sp³-hybridized carbons (Fsp3) is 0.286. The predicted octanol–water partition coefficient (Wildman–Crippen LogP) is 2.65. The van der Waals surface area contributed by atoms with Crippen molar-refractivity contribution in [3.05, 3.63) is 19.2 Å². The normalized spacial score (nSPS) is 11.9. The second-order valence-electron chi connectivity index (χ2n) is 2.50. The summed E-state index contributed by atoms with van der Waals surface area (Å²) in [7, 11) is 0. The Morgan fingerprint density at radius 3 is 2.57 bits per heavy atom. The van der Waals surface area contributed by atoms with Crippen molar-refractivity contribution in [2.45, 2.75) is 12.5 Å². The fourth-order valence-electron chi connectivity index (χ4n) is 0.838. The first kappa shape index (κ1) is 14.4. The van der Waals surface area contributed by atoms with E-state index in [0.29, 0.717) is 6.42 Å². The van der Waals surface area contributed by atoms with E-state index in [4.69, 9.17) is 10.8 Å². The van der Waals surface area contributed by atoms with Crippen LogP contribution in [0.15, 0.2) is 13.6 Å². The van der Waals surface area contributed by atoms with Crippen molar-refractivity contribution in [1.82, 2.24) is 0 Å². The maximum atomic E-state index is 10.5. The van der Waals surface area contributed by atoms with Gasteiger partial charge >= 0.3 is 5.97 Å². The molecule has 1 aromatic rings. The molecule has 0 saturated carbocycles. The molecule has 0 aliphatic heterocycles. The van der Waals surface area contributed by atoms with Crippen molar-refractivity contribution in [1.29, 1.82) is 0 Å². The zero-order valence-corrected chi connectivity index (χ0v) is 11.7. The molecule has 0 amide bonds. The van der Waals surface area contributed by atoms with Gasteiger partial charge in [0.25, 0.3) is 0 Å². The molecule has 14 heavy (non-hydrogen) atoms. The molecule has 3 nitrogen and oxygen atoms in total. The van der Waals surface area contributed by atoms with Crippen molar-refractivity contribution >= 4 is 61.6 Å². The number of halogens is 3. The number of carbonyl (C=O) groups is 1. The zero-order valence-electron chi connectivity index (χ0n) is 6.87. The van der Waals surface area contributed by atoms with Crippen LogP contribution < -0.4 is 5.73 Å². The number of hydrogen-bond donors (Lipinski definition) is 2. The highest BCUT2D eigenvalue weighted by Crippen LogP contribution is 2.32. The van der Waals surface area contributed by atoms with Crippen LogP contribution in [0.25, 0.3) is 0 Å². The molecule has 0 aromatic carbocycles. The van der Waals surface area contributed by atoms with E-state index in [2.05, 4.69) is 31.9 Å². The highest BCUT2D eigenvalue weighted by atomic mass is 79.9. The van der Waals surface area contributed by atoms with Gasteiger partial charge in [0.1, 0.15) is 6.04 Å². The van der Waals surface area contributed by atoms with Gasteiger partial charge in [0.2, 0.25) is 0 Å². The summed E-state index contributed by atoms with van der Waals surface area (Å²) in [6.07, 6.45) is 0.345. The van der Waals surface area contributed by atoms with E-state index in [1.807, 2.05) is 6.07 Å². The van der Waals surface area contributed by atoms with Gasteiger partial charge < -0.3 is 10.8 Å². The van der Waals surface area contributed by atoms with Gasteiger partial charge in [-0.05, 0) is 43.5 Å². The summed E-state index contributed by atoms with van der Waals surface area (Å²) in [5.74, 6) is -0.978. The highest BCUT2D eigenvalue weighted by molar-refractivity contribution is 9.12. The smallest absolute Gasteiger partial charge is 0.320 e. The lowest BCUT2D eigenvalue weighted by Crippen LogP contribution is -2.32. The third-order valence-electron chi connectivity index (χ3n) is 1.48. The molecule has 0 spiro atoms. The van der Waals surface area contributed by atoms with E-state index in [1.165, 1.54) is 11.3 Å². The van der Waals surface area contributed by atoms with Crippen molar-refractivity contribution < 1.29 is 9.90 Å². The van der Waals surface area contributed by atoms with E-state index in [9.17, 15) is 4.79 Å². The fourth-order valence-corrected chi connectivity index (χ4v) is 3.70. The molecule has 1 heterocycles. The van der Waals surface area contributed by atoms with Crippen molar-refractivity contribution in [2.75, 3.05) is 0 Å². The Labute approximate surface area is 108 Å². The number of rotatable bonds is 3. The summed E-state index contributed by atoms with van der Waals surface area (Å²) in [6.45, 7) is 0. The molecule has 80 valence electrons. The Balaban J connectivity index is 0.00000169. The molecule has 0 saturated heterocycles. The van der Waals surface area contributed by atoms with Gasteiger partial charge in [0.05, 0.1) is 7.57 Å². The summed E-state index contributed by atoms with van der Waals surface area (Å²) >= 11 is 8.15. The van der Waals surface area contributed by atoms with E-state index in [1.54, 1.807) is 0 Å². The van der Waals surface area contributed by atoms with Gasteiger partial charge in [0.15, 0.2) is 0 Å². The molecule has 0 radical (unpaired) electrons. The summed E-state index contributed by atoms with van der Waals surface area (Å²) < 4.78 is 1.89. The van der Waals surface area contributed by atoms with Crippen molar-refractivity contribution in [2.24, 2.45) is 5.73 Å². The molecule has 1 rings (SSSR count). The van der Waals surface area contributed by atoms with Crippen LogP contribution in [-0.4, -0.2) is 17.1 Å². The average molecular weight is 365 g/mol. The minimum atomic E-state index is -0.978. The van der Waals surface area contributed by atoms with E-state index in [-0.39, 0.29) is 12.4 Å². The van der Waals surface area contributed by atoms with Crippen LogP contribution in [0.5, 0.6) is 0 Å². The average Bonchev–Trinajstić information content (AvgIpc) is 2.30. The monoisotopic (exact) mass is 363 g/mol. The minimum Gasteiger partial charge on any atom is -0.480 e. The first-order valence-electron chi connectivity index (χ1n) is 3.43. The first-order chi connectivity index (χ1) is 6.00. The lowest BCUT2D eigenvalue weighted by molar-refractivity contribution is -0.138. The Bertz CT molecular complexity index is 331. The first-order valence-corrected chi connectivity index (χ1v) is 5.83. The van der Waals surface area contributed by atoms with Crippen LogP contribution >= 0.6 is 55.6 Å². The lowest BCUT2D eigenvalue weighted by Gasteiger charge is -2.03. The Morgan fingerprint density at radius 2 is 2.21 bits per heavy atom. The van der Waals surface area contributed by atoms with Gasteiger partial charge in [-0.2, -0.15) is 0 Å². The number of aliphatic carboxylic acids is 1. The molecule has 1 unspecified atom stereocenters. The second kappa shape index (κ2) is 6.07. The Hall–Kier alpha value is 0.380. The van der Waals surface area contributed by atoms with Crippen molar-refractivity contribution in [3.63, 3.8) is 0 Å².